The Kier molecular flexibility index (Phi) is 4.83. The SMILES string of the molecule is CCc1ccccc1N1CC(C)CN(C)C(CO)C1. The summed E-state index contributed by atoms with van der Waals surface area (Å²) in [6, 6.07) is 8.88. The molecule has 1 aliphatic rings. The highest BCUT2D eigenvalue weighted by Gasteiger charge is 2.26. The zero-order valence-electron chi connectivity index (χ0n) is 12.3. The number of para-hydroxylation sites is 1. The lowest BCUT2D eigenvalue weighted by atomic mass is 10.1. The lowest BCUT2D eigenvalue weighted by Gasteiger charge is -2.30. The molecule has 3 heteroatoms. The van der Waals surface area contributed by atoms with E-state index in [4.69, 9.17) is 0 Å². The number of aryl methyl sites for hydroxylation is 1. The van der Waals surface area contributed by atoms with E-state index in [2.05, 4.69) is 55.0 Å². The molecule has 0 bridgehead atoms. The molecule has 3 nitrogen and oxygen atoms in total. The zero-order valence-corrected chi connectivity index (χ0v) is 12.3. The van der Waals surface area contributed by atoms with Crippen molar-refractivity contribution in [3.8, 4) is 0 Å². The fraction of sp³-hybridized carbons (Fsp3) is 0.625. The minimum atomic E-state index is 0.230. The van der Waals surface area contributed by atoms with Crippen LogP contribution in [0.3, 0.4) is 0 Å². The number of likely N-dealkylation sites (N-methyl/N-ethyl adjacent to an activating group) is 1. The molecule has 1 aromatic rings. The van der Waals surface area contributed by atoms with E-state index in [1.807, 2.05) is 0 Å². The predicted molar refractivity (Wildman–Crippen MR) is 80.7 cm³/mol. The average molecular weight is 262 g/mol. The molecule has 1 N–H and O–H groups in total. The third-order valence-corrected chi connectivity index (χ3v) is 4.11. The fourth-order valence-corrected chi connectivity index (χ4v) is 3.06. The van der Waals surface area contributed by atoms with Gasteiger partial charge in [-0.05, 0) is 31.0 Å². The highest BCUT2D eigenvalue weighted by atomic mass is 16.3. The lowest BCUT2D eigenvalue weighted by Crippen LogP contribution is -2.41. The van der Waals surface area contributed by atoms with Gasteiger partial charge in [0.25, 0.3) is 0 Å². The Balaban J connectivity index is 2.26. The summed E-state index contributed by atoms with van der Waals surface area (Å²) in [5.41, 5.74) is 2.74. The van der Waals surface area contributed by atoms with Crippen molar-refractivity contribution in [2.75, 3.05) is 38.2 Å². The molecule has 1 fully saturated rings. The first-order valence-electron chi connectivity index (χ1n) is 7.29. The maximum Gasteiger partial charge on any atom is 0.0604 e. The molecule has 1 aliphatic heterocycles. The van der Waals surface area contributed by atoms with Crippen LogP contribution >= 0.6 is 0 Å². The van der Waals surface area contributed by atoms with Gasteiger partial charge in [-0.1, -0.05) is 32.0 Å². The van der Waals surface area contributed by atoms with E-state index in [0.29, 0.717) is 5.92 Å². The molecule has 1 heterocycles. The van der Waals surface area contributed by atoms with Crippen molar-refractivity contribution >= 4 is 5.69 Å². The molecule has 1 aromatic carbocycles. The Morgan fingerprint density at radius 3 is 2.63 bits per heavy atom. The first-order valence-corrected chi connectivity index (χ1v) is 7.29. The van der Waals surface area contributed by atoms with Gasteiger partial charge < -0.3 is 10.0 Å². The van der Waals surface area contributed by atoms with Gasteiger partial charge in [0, 0.05) is 31.4 Å². The monoisotopic (exact) mass is 262 g/mol. The Morgan fingerprint density at radius 1 is 1.21 bits per heavy atom. The Bertz CT molecular complexity index is 407. The van der Waals surface area contributed by atoms with E-state index in [1.54, 1.807) is 0 Å². The summed E-state index contributed by atoms with van der Waals surface area (Å²) in [4.78, 5) is 4.74. The second kappa shape index (κ2) is 6.40. The van der Waals surface area contributed by atoms with Gasteiger partial charge >= 0.3 is 0 Å². The van der Waals surface area contributed by atoms with Crippen molar-refractivity contribution in [2.45, 2.75) is 26.3 Å². The van der Waals surface area contributed by atoms with Gasteiger partial charge in [0.2, 0.25) is 0 Å². The molecular weight excluding hydrogens is 236 g/mol. The van der Waals surface area contributed by atoms with Crippen molar-refractivity contribution in [1.29, 1.82) is 0 Å². The van der Waals surface area contributed by atoms with Crippen LogP contribution in [0.2, 0.25) is 0 Å². The van der Waals surface area contributed by atoms with Gasteiger partial charge in [-0.25, -0.2) is 0 Å². The number of rotatable bonds is 3. The van der Waals surface area contributed by atoms with Crippen molar-refractivity contribution in [1.82, 2.24) is 4.90 Å². The first-order chi connectivity index (χ1) is 9.15. The van der Waals surface area contributed by atoms with E-state index < -0.39 is 0 Å². The average Bonchev–Trinajstić information content (AvgIpc) is 2.56. The lowest BCUT2D eigenvalue weighted by molar-refractivity contribution is 0.151. The van der Waals surface area contributed by atoms with Gasteiger partial charge in [0.1, 0.15) is 0 Å². The molecule has 0 radical (unpaired) electrons. The van der Waals surface area contributed by atoms with Crippen molar-refractivity contribution < 1.29 is 5.11 Å². The van der Waals surface area contributed by atoms with Crippen LogP contribution in [0.15, 0.2) is 24.3 Å². The third-order valence-electron chi connectivity index (χ3n) is 4.11. The molecule has 2 rings (SSSR count). The highest BCUT2D eigenvalue weighted by molar-refractivity contribution is 5.54. The molecule has 106 valence electrons. The summed E-state index contributed by atoms with van der Waals surface area (Å²) in [7, 11) is 2.12. The molecule has 19 heavy (non-hydrogen) atoms. The fourth-order valence-electron chi connectivity index (χ4n) is 3.06. The van der Waals surface area contributed by atoms with E-state index in [9.17, 15) is 5.11 Å². The summed E-state index contributed by atoms with van der Waals surface area (Å²) in [6.07, 6.45) is 1.06. The third kappa shape index (κ3) is 3.28. The van der Waals surface area contributed by atoms with E-state index in [0.717, 1.165) is 26.1 Å². The number of aliphatic hydroxyl groups is 1. The van der Waals surface area contributed by atoms with Crippen LogP contribution in [-0.4, -0.2) is 49.3 Å². The topological polar surface area (TPSA) is 26.7 Å². The van der Waals surface area contributed by atoms with Crippen molar-refractivity contribution in [2.24, 2.45) is 5.92 Å². The quantitative estimate of drug-likeness (QED) is 0.902. The number of hydrogen-bond donors (Lipinski definition) is 1. The number of anilines is 1. The van der Waals surface area contributed by atoms with Crippen LogP contribution in [0, 0.1) is 5.92 Å². The van der Waals surface area contributed by atoms with Crippen LogP contribution in [0.25, 0.3) is 0 Å². The molecule has 0 saturated carbocycles. The number of hydrogen-bond acceptors (Lipinski definition) is 3. The second-order valence-electron chi connectivity index (χ2n) is 5.77. The van der Waals surface area contributed by atoms with Crippen molar-refractivity contribution in [3.05, 3.63) is 29.8 Å². The van der Waals surface area contributed by atoms with E-state index in [1.165, 1.54) is 11.3 Å². The smallest absolute Gasteiger partial charge is 0.0604 e. The predicted octanol–water partition coefficient (Wildman–Crippen LogP) is 2.00. The Hall–Kier alpha value is -1.06. The van der Waals surface area contributed by atoms with Crippen LogP contribution in [0.5, 0.6) is 0 Å². The first kappa shape index (κ1) is 14.4. The highest BCUT2D eigenvalue weighted by Crippen LogP contribution is 2.24. The minimum absolute atomic E-state index is 0.230. The Labute approximate surface area is 116 Å². The summed E-state index contributed by atoms with van der Waals surface area (Å²) >= 11 is 0. The van der Waals surface area contributed by atoms with Gasteiger partial charge in [-0.15, -0.1) is 0 Å². The minimum Gasteiger partial charge on any atom is -0.395 e. The van der Waals surface area contributed by atoms with Crippen LogP contribution in [0.4, 0.5) is 5.69 Å². The van der Waals surface area contributed by atoms with E-state index in [-0.39, 0.29) is 12.6 Å². The van der Waals surface area contributed by atoms with Gasteiger partial charge in [0.05, 0.1) is 6.61 Å². The van der Waals surface area contributed by atoms with Crippen LogP contribution in [0.1, 0.15) is 19.4 Å². The zero-order chi connectivity index (χ0) is 13.8. The molecule has 2 unspecified atom stereocenters. The van der Waals surface area contributed by atoms with Crippen LogP contribution in [-0.2, 0) is 6.42 Å². The molecule has 1 saturated heterocycles. The molecule has 0 spiro atoms. The summed E-state index contributed by atoms with van der Waals surface area (Å²) in [5, 5.41) is 9.60. The molecule has 0 aliphatic carbocycles. The normalized spacial score (nSPS) is 25.4. The molecule has 0 aromatic heterocycles. The maximum atomic E-state index is 9.60. The number of benzene rings is 1. The number of nitrogens with zero attached hydrogens (tertiary/aromatic N) is 2. The largest absolute Gasteiger partial charge is 0.395 e. The summed E-state index contributed by atoms with van der Waals surface area (Å²) in [6.45, 7) is 7.75. The summed E-state index contributed by atoms with van der Waals surface area (Å²) < 4.78 is 0. The molecule has 0 amide bonds. The van der Waals surface area contributed by atoms with Gasteiger partial charge in [-0.3, -0.25) is 4.90 Å². The maximum absolute atomic E-state index is 9.60. The summed E-state index contributed by atoms with van der Waals surface area (Å²) in [5.74, 6) is 0.617. The van der Waals surface area contributed by atoms with E-state index >= 15 is 0 Å². The molecule has 2 atom stereocenters. The molecular formula is C16H26N2O. The Morgan fingerprint density at radius 2 is 1.95 bits per heavy atom. The van der Waals surface area contributed by atoms with Gasteiger partial charge in [0.15, 0.2) is 0 Å². The van der Waals surface area contributed by atoms with Gasteiger partial charge in [-0.2, -0.15) is 0 Å². The standard InChI is InChI=1S/C16H26N2O/c1-4-14-7-5-6-8-16(14)18-10-13(2)9-17(3)15(11-18)12-19/h5-8,13,15,19H,4,9-12H2,1-3H3. The van der Waals surface area contributed by atoms with Crippen LogP contribution < -0.4 is 4.90 Å². The number of aliphatic hydroxyl groups excluding tert-OH is 1. The van der Waals surface area contributed by atoms with Crippen molar-refractivity contribution in [3.63, 3.8) is 0 Å². The second-order valence-corrected chi connectivity index (χ2v) is 5.77.